The number of hydrogen-bond donors (Lipinski definition) is 3. The molecule has 12 fully saturated rings. The van der Waals surface area contributed by atoms with Gasteiger partial charge in [-0.1, -0.05) is 5.92 Å². The predicted octanol–water partition coefficient (Wildman–Crippen LogP) is 10.1. The molecule has 17 heterocycles. The number of hydrogen-bond acceptors (Lipinski definition) is 20. The van der Waals surface area contributed by atoms with E-state index in [1.807, 2.05) is 50.3 Å². The van der Waals surface area contributed by atoms with Crippen LogP contribution in [-0.4, -0.2) is 216 Å². The van der Waals surface area contributed by atoms with Gasteiger partial charge in [-0.3, -0.25) is 14.7 Å². The number of rotatable bonds is 6. The summed E-state index contributed by atoms with van der Waals surface area (Å²) in [7, 11) is 0.917. The second-order valence-corrected chi connectivity index (χ2v) is 34.0. The number of aromatic nitrogens is 5. The minimum atomic E-state index is -0.439. The highest BCUT2D eigenvalue weighted by Gasteiger charge is 2.48. The van der Waals surface area contributed by atoms with Crippen LogP contribution in [0.1, 0.15) is 90.5 Å². The van der Waals surface area contributed by atoms with Crippen LogP contribution in [0.2, 0.25) is 0 Å². The lowest BCUT2D eigenvalue weighted by Gasteiger charge is -2.47. The second kappa shape index (κ2) is 37.9. The molecule has 0 radical (unpaired) electrons. The topological polar surface area (TPSA) is 168 Å². The van der Waals surface area contributed by atoms with Gasteiger partial charge in [-0.05, 0) is 236 Å². The molecular formula is C68H90Cl2FI4N15O4S3. The van der Waals surface area contributed by atoms with Gasteiger partial charge < -0.3 is 49.8 Å². The van der Waals surface area contributed by atoms with E-state index in [4.69, 9.17) is 20.6 Å². The van der Waals surface area contributed by atoms with Crippen LogP contribution in [-0.2, 0) is 45.5 Å². The number of nitrogens with one attached hydrogen (secondary N) is 3. The zero-order valence-electron chi connectivity index (χ0n) is 55.1. The number of halogens is 7. The summed E-state index contributed by atoms with van der Waals surface area (Å²) in [5.74, 6) is 6.53. The summed E-state index contributed by atoms with van der Waals surface area (Å²) in [6, 6.07) is 27.3. The van der Waals surface area contributed by atoms with Gasteiger partial charge in [0.1, 0.15) is 28.9 Å². The highest BCUT2D eigenvalue weighted by atomic mass is 127. The summed E-state index contributed by atoms with van der Waals surface area (Å²) in [4.78, 5) is 50.9. The standard InChI is InChI=1S/C16H22IN3O2.C16H19N3O.C14H18IN3O.C11H14IN3.C6H12N2.C5H3FIN.2ClH.S3/c1-16(2,3)22-15(21)20-12-5-6-13(20)10-19(9-12)14-7-4-11(17)8-18-14;1-2-12-3-6-16(17-7-12)18-8-13-4-5-14(9-18)19(13)15-10-20-11-15;15-10-1-4-14(16-5-10)17-6-11-2-3-12(7-17)18(11)13-8-19-9-13;12-8-1-4-11(13-5-8)15-6-9-2-3-10(7-15)14-9;1-2-6-4-7-3-5(1)8-6;6-5-2-1-4(7)3-8-5;;;1-3-2/h4,7-8,12-13H,5-6,9-10H2,1-3H3;1,3,6-7,13-15H,4-5,8-11H2;1,4-5,11-13H,2-3,6-9H2;1,4-5,9-10,14H,2-3,6-7H2;5-8H,1-4H2;1-3H;2*1H;. The summed E-state index contributed by atoms with van der Waals surface area (Å²) in [5, 5.41) is 10.5. The third-order valence-electron chi connectivity index (χ3n) is 19.6. The van der Waals surface area contributed by atoms with Crippen LogP contribution in [0.15, 0.2) is 91.6 Å². The number of nitrogens with zero attached hydrogens (tertiary/aromatic N) is 12. The SMILES string of the molecule is C#Cc1ccc(N2CC3CCC(C2)N3C2COC2)nc1.C1CC2CNCC1N2.CC(C)(C)OC(=O)N1C2CCC1CN(c1ccc(I)cn1)C2.Cl.Cl.Fc1ccc(I)cn1.Ic1ccc(N2CC3CCC(C2)N3)nc1.Ic1ccc(N2CC3CCC(C2)N3C2COC2)nc1.S=S=S. The van der Waals surface area contributed by atoms with Gasteiger partial charge in [0.2, 0.25) is 5.95 Å². The molecule has 97 heavy (non-hydrogen) atoms. The molecule has 10 unspecified atom stereocenters. The maximum absolute atomic E-state index is 12.4. The van der Waals surface area contributed by atoms with Crippen molar-refractivity contribution in [2.24, 2.45) is 0 Å². The van der Waals surface area contributed by atoms with E-state index in [1.54, 1.807) is 12.3 Å². The molecule has 29 heteroatoms. The number of amides is 1. The fourth-order valence-electron chi connectivity index (χ4n) is 15.3. The Labute approximate surface area is 652 Å². The molecule has 3 N–H and O–H groups in total. The quantitative estimate of drug-likeness (QED) is 0.0834. The van der Waals surface area contributed by atoms with E-state index in [2.05, 4.69) is 231 Å². The minimum absolute atomic E-state index is 0. The zero-order chi connectivity index (χ0) is 66.6. The largest absolute Gasteiger partial charge is 0.444 e. The van der Waals surface area contributed by atoms with E-state index in [1.165, 1.54) is 83.9 Å². The van der Waals surface area contributed by atoms with Crippen molar-refractivity contribution in [2.45, 2.75) is 163 Å². The van der Waals surface area contributed by atoms with Crippen LogP contribution < -0.4 is 35.6 Å². The second-order valence-electron chi connectivity index (χ2n) is 27.3. The normalized spacial score (nSPS) is 27.1. The number of terminal acetylenes is 1. The summed E-state index contributed by atoms with van der Waals surface area (Å²) < 4.78 is 32.8. The van der Waals surface area contributed by atoms with Crippen molar-refractivity contribution in [2.75, 3.05) is 111 Å². The summed E-state index contributed by atoms with van der Waals surface area (Å²) in [5.41, 5.74) is 0.410. The molecule has 10 bridgehead atoms. The van der Waals surface area contributed by atoms with Crippen LogP contribution in [0.4, 0.5) is 32.5 Å². The van der Waals surface area contributed by atoms with Gasteiger partial charge in [0.25, 0.3) is 0 Å². The molecule has 0 aliphatic carbocycles. The Kier molecular flexibility index (Phi) is 30.7. The number of anilines is 4. The summed E-state index contributed by atoms with van der Waals surface area (Å²) >= 11 is 17.2. The molecule has 5 aromatic heterocycles. The van der Waals surface area contributed by atoms with E-state index in [0.29, 0.717) is 48.3 Å². The smallest absolute Gasteiger partial charge is 0.410 e. The van der Waals surface area contributed by atoms with Crippen LogP contribution >= 0.6 is 115 Å². The Morgan fingerprint density at radius 1 is 0.515 bits per heavy atom. The fraction of sp³-hybridized carbons (Fsp3) is 0.588. The maximum Gasteiger partial charge on any atom is 0.410 e. The van der Waals surface area contributed by atoms with Crippen LogP contribution in [0, 0.1) is 32.6 Å². The Balaban J connectivity index is 0.000000139. The first kappa shape index (κ1) is 78.7. The van der Waals surface area contributed by atoms with Gasteiger partial charge in [-0.25, -0.2) is 29.7 Å². The number of pyridine rings is 5. The molecule has 12 aliphatic heterocycles. The predicted molar refractivity (Wildman–Crippen MR) is 430 cm³/mol. The number of ether oxygens (including phenoxy) is 3. The van der Waals surface area contributed by atoms with Crippen molar-refractivity contribution in [3.8, 4) is 12.3 Å². The lowest BCUT2D eigenvalue weighted by molar-refractivity contribution is -0.0850. The summed E-state index contributed by atoms with van der Waals surface area (Å²) in [6.07, 6.45) is 27.1. The van der Waals surface area contributed by atoms with E-state index in [9.17, 15) is 9.18 Å². The van der Waals surface area contributed by atoms with E-state index < -0.39 is 11.5 Å². The van der Waals surface area contributed by atoms with Gasteiger partial charge in [0.05, 0.1) is 50.6 Å². The Bertz CT molecular complexity index is 3270. The average molecular weight is 1880 g/mol. The monoisotopic (exact) mass is 1870 g/mol. The number of carbonyl (C=O) groups excluding carboxylic acids is 1. The molecule has 12 saturated heterocycles. The molecule has 0 aromatic carbocycles. The third kappa shape index (κ3) is 21.8. The zero-order valence-corrected chi connectivity index (χ0v) is 67.8. The molecule has 17 rings (SSSR count). The molecule has 10 atom stereocenters. The molecule has 1 amide bonds. The summed E-state index contributed by atoms with van der Waals surface area (Å²) in [6.45, 7) is 20.2. The number of fused-ring (bicyclic) bond motifs is 10. The maximum atomic E-state index is 12.4. The van der Waals surface area contributed by atoms with Crippen molar-refractivity contribution in [1.29, 1.82) is 0 Å². The van der Waals surface area contributed by atoms with Gasteiger partial charge >= 0.3 is 6.09 Å². The van der Waals surface area contributed by atoms with Crippen molar-refractivity contribution >= 4 is 176 Å². The first-order valence-corrected chi connectivity index (χ1v) is 40.3. The highest BCUT2D eigenvalue weighted by molar-refractivity contribution is 14.1. The molecule has 12 aliphatic rings. The van der Waals surface area contributed by atoms with E-state index in [0.717, 1.165) is 149 Å². The molecule has 5 aromatic rings. The highest BCUT2D eigenvalue weighted by Crippen LogP contribution is 2.38. The molecule has 0 saturated carbocycles. The van der Waals surface area contributed by atoms with Crippen molar-refractivity contribution < 1.29 is 23.4 Å². The minimum Gasteiger partial charge on any atom is -0.444 e. The van der Waals surface area contributed by atoms with Crippen LogP contribution in [0.5, 0.6) is 0 Å². The van der Waals surface area contributed by atoms with Gasteiger partial charge in [0.15, 0.2) is 0 Å². The Morgan fingerprint density at radius 2 is 0.856 bits per heavy atom. The van der Waals surface area contributed by atoms with Crippen LogP contribution in [0.3, 0.4) is 0 Å². The molecular weight excluding hydrogens is 1780 g/mol. The van der Waals surface area contributed by atoms with E-state index >= 15 is 0 Å². The fourth-order valence-corrected chi connectivity index (χ4v) is 16.5. The van der Waals surface area contributed by atoms with E-state index in [-0.39, 0.29) is 43.0 Å². The van der Waals surface area contributed by atoms with Crippen molar-refractivity contribution in [1.82, 2.24) is 55.6 Å². The van der Waals surface area contributed by atoms with Gasteiger partial charge in [-0.15, -0.1) is 31.2 Å². The molecule has 528 valence electrons. The van der Waals surface area contributed by atoms with Gasteiger partial charge in [-0.2, -0.15) is 4.39 Å². The van der Waals surface area contributed by atoms with Crippen LogP contribution in [0.25, 0.3) is 0 Å². The Hall–Kier alpha value is -2.41. The first-order valence-electron chi connectivity index (χ1n) is 33.4. The average Bonchev–Trinajstić information content (AvgIpc) is 1.68. The Morgan fingerprint density at radius 3 is 1.16 bits per heavy atom. The van der Waals surface area contributed by atoms with Gasteiger partial charge in [0, 0.05) is 196 Å². The number of carbonyl (C=O) groups is 1. The lowest BCUT2D eigenvalue weighted by atomic mass is 10.1. The lowest BCUT2D eigenvalue weighted by Crippen LogP contribution is -2.62. The van der Waals surface area contributed by atoms with Crippen molar-refractivity contribution in [3.63, 3.8) is 0 Å². The molecule has 19 nitrogen and oxygen atoms in total. The number of piperazine rings is 5. The third-order valence-corrected chi connectivity index (χ3v) is 22.2. The molecule has 0 spiro atoms. The van der Waals surface area contributed by atoms with Crippen molar-refractivity contribution in [3.05, 3.63) is 117 Å². The first-order chi connectivity index (χ1) is 46.0.